The van der Waals surface area contributed by atoms with Gasteiger partial charge < -0.3 is 19.1 Å². The molecule has 0 N–H and O–H groups in total. The first-order chi connectivity index (χ1) is 15.4. The molecule has 6 heteroatoms. The van der Waals surface area contributed by atoms with Gasteiger partial charge in [0, 0.05) is 28.9 Å². The van der Waals surface area contributed by atoms with Gasteiger partial charge in [0.2, 0.25) is 0 Å². The summed E-state index contributed by atoms with van der Waals surface area (Å²) in [5.41, 5.74) is 2.09. The first kappa shape index (κ1) is 21.7. The van der Waals surface area contributed by atoms with Crippen molar-refractivity contribution in [3.63, 3.8) is 0 Å². The third-order valence-corrected chi connectivity index (χ3v) is 5.21. The number of nitrogens with zero attached hydrogens (tertiary/aromatic N) is 1. The van der Waals surface area contributed by atoms with Crippen molar-refractivity contribution < 1.29 is 23.8 Å². The molecular formula is C26H27NO5. The fraction of sp³-hybridized carbons (Fsp3) is 0.308. The summed E-state index contributed by atoms with van der Waals surface area (Å²) in [6.45, 7) is 8.25. The van der Waals surface area contributed by atoms with Crippen molar-refractivity contribution in [1.82, 2.24) is 0 Å². The van der Waals surface area contributed by atoms with E-state index in [1.54, 1.807) is 29.2 Å². The van der Waals surface area contributed by atoms with Gasteiger partial charge in [-0.3, -0.25) is 9.59 Å². The van der Waals surface area contributed by atoms with E-state index in [0.29, 0.717) is 35.9 Å². The molecule has 0 saturated heterocycles. The molecule has 1 amide bonds. The van der Waals surface area contributed by atoms with Crippen molar-refractivity contribution in [3.8, 4) is 17.2 Å². The quantitative estimate of drug-likeness (QED) is 0.364. The summed E-state index contributed by atoms with van der Waals surface area (Å²) in [5, 5.41) is 1.81. The van der Waals surface area contributed by atoms with E-state index in [-0.39, 0.29) is 18.0 Å². The van der Waals surface area contributed by atoms with E-state index in [2.05, 4.69) is 6.92 Å². The molecule has 0 fully saturated rings. The van der Waals surface area contributed by atoms with E-state index < -0.39 is 0 Å². The van der Waals surface area contributed by atoms with Gasteiger partial charge in [0.05, 0.1) is 24.8 Å². The number of hydrogen-bond donors (Lipinski definition) is 0. The van der Waals surface area contributed by atoms with Gasteiger partial charge in [0.15, 0.2) is 0 Å². The smallest absolute Gasteiger partial charge is 0.308 e. The number of amides is 1. The van der Waals surface area contributed by atoms with Crippen LogP contribution in [0.1, 0.15) is 50.0 Å². The molecule has 0 atom stereocenters. The van der Waals surface area contributed by atoms with Crippen LogP contribution in [0, 0.1) is 0 Å². The van der Waals surface area contributed by atoms with Crippen LogP contribution in [0.4, 0.5) is 5.69 Å². The molecule has 3 aromatic carbocycles. The summed E-state index contributed by atoms with van der Waals surface area (Å²) in [4.78, 5) is 26.5. The molecule has 0 spiro atoms. The minimum atomic E-state index is -0.387. The molecule has 6 nitrogen and oxygen atoms in total. The van der Waals surface area contributed by atoms with Gasteiger partial charge in [-0.15, -0.1) is 0 Å². The SMILES string of the molecule is CCCOc1c2c(c(OC(C)C)c3ccccc13)C(=O)N(c1ccc(OC(C)=O)cc1)C2. The summed E-state index contributed by atoms with van der Waals surface area (Å²) in [6.07, 6.45) is 0.776. The zero-order valence-electron chi connectivity index (χ0n) is 18.8. The lowest BCUT2D eigenvalue weighted by molar-refractivity contribution is -0.131. The topological polar surface area (TPSA) is 65.1 Å². The first-order valence-electron chi connectivity index (χ1n) is 10.9. The van der Waals surface area contributed by atoms with Crippen molar-refractivity contribution in [2.75, 3.05) is 11.5 Å². The minimum absolute atomic E-state index is 0.0882. The lowest BCUT2D eigenvalue weighted by Gasteiger charge is -2.19. The third-order valence-electron chi connectivity index (χ3n) is 5.21. The summed E-state index contributed by atoms with van der Waals surface area (Å²) >= 11 is 0. The van der Waals surface area contributed by atoms with Crippen molar-refractivity contribution in [2.45, 2.75) is 46.8 Å². The van der Waals surface area contributed by atoms with Crippen LogP contribution in [0.2, 0.25) is 0 Å². The molecule has 1 aliphatic heterocycles. The molecule has 0 unspecified atom stereocenters. The second-order valence-corrected chi connectivity index (χ2v) is 8.05. The van der Waals surface area contributed by atoms with Crippen LogP contribution in [0.25, 0.3) is 10.8 Å². The predicted octanol–water partition coefficient (Wildman–Crippen LogP) is 5.50. The van der Waals surface area contributed by atoms with Gasteiger partial charge in [-0.05, 0) is 44.5 Å². The molecule has 32 heavy (non-hydrogen) atoms. The molecule has 4 rings (SSSR count). The van der Waals surface area contributed by atoms with Gasteiger partial charge in [-0.25, -0.2) is 0 Å². The second-order valence-electron chi connectivity index (χ2n) is 8.05. The highest BCUT2D eigenvalue weighted by Gasteiger charge is 2.37. The lowest BCUT2D eigenvalue weighted by atomic mass is 9.99. The molecule has 1 aliphatic rings. The number of hydrogen-bond acceptors (Lipinski definition) is 5. The van der Waals surface area contributed by atoms with E-state index in [0.717, 1.165) is 28.5 Å². The van der Waals surface area contributed by atoms with Gasteiger partial charge in [0.1, 0.15) is 17.2 Å². The average Bonchev–Trinajstić information content (AvgIpc) is 3.10. The number of ether oxygens (including phenoxy) is 3. The molecule has 0 bridgehead atoms. The maximum absolute atomic E-state index is 13.6. The number of benzene rings is 3. The van der Waals surface area contributed by atoms with Gasteiger partial charge in [0.25, 0.3) is 5.91 Å². The van der Waals surface area contributed by atoms with Crippen molar-refractivity contribution >= 4 is 28.3 Å². The van der Waals surface area contributed by atoms with E-state index in [9.17, 15) is 9.59 Å². The van der Waals surface area contributed by atoms with Crippen LogP contribution >= 0.6 is 0 Å². The lowest BCUT2D eigenvalue weighted by Crippen LogP contribution is -2.23. The Kier molecular flexibility index (Phi) is 6.04. The van der Waals surface area contributed by atoms with Crippen LogP contribution in [-0.2, 0) is 11.3 Å². The van der Waals surface area contributed by atoms with Crippen LogP contribution in [0.15, 0.2) is 48.5 Å². The standard InChI is InChI=1S/C26H27NO5/c1-5-14-30-24-20-8-6-7-9-21(20)25(31-16(2)3)23-22(24)15-27(26(23)29)18-10-12-19(13-11-18)32-17(4)28/h6-13,16H,5,14-15H2,1-4H3. The third kappa shape index (κ3) is 4.00. The summed E-state index contributed by atoms with van der Waals surface area (Å²) in [7, 11) is 0. The fourth-order valence-electron chi connectivity index (χ4n) is 3.96. The maximum Gasteiger partial charge on any atom is 0.308 e. The molecule has 0 aliphatic carbocycles. The highest BCUT2D eigenvalue weighted by atomic mass is 16.5. The number of carbonyl (C=O) groups excluding carboxylic acids is 2. The largest absolute Gasteiger partial charge is 0.493 e. The van der Waals surface area contributed by atoms with Gasteiger partial charge in [-0.2, -0.15) is 0 Å². The molecular weight excluding hydrogens is 406 g/mol. The highest BCUT2D eigenvalue weighted by molar-refractivity contribution is 6.16. The van der Waals surface area contributed by atoms with Gasteiger partial charge in [-0.1, -0.05) is 31.2 Å². The van der Waals surface area contributed by atoms with Crippen LogP contribution < -0.4 is 19.1 Å². The maximum atomic E-state index is 13.6. The zero-order chi connectivity index (χ0) is 22.8. The first-order valence-corrected chi connectivity index (χ1v) is 10.9. The Labute approximate surface area is 187 Å². The molecule has 166 valence electrons. The number of fused-ring (bicyclic) bond motifs is 2. The Morgan fingerprint density at radius 1 is 1.03 bits per heavy atom. The van der Waals surface area contributed by atoms with E-state index >= 15 is 0 Å². The van der Waals surface area contributed by atoms with Crippen molar-refractivity contribution in [1.29, 1.82) is 0 Å². The molecule has 0 aromatic heterocycles. The zero-order valence-corrected chi connectivity index (χ0v) is 18.8. The van der Waals surface area contributed by atoms with Crippen LogP contribution in [0.5, 0.6) is 17.2 Å². The summed E-state index contributed by atoms with van der Waals surface area (Å²) < 4.78 is 17.5. The minimum Gasteiger partial charge on any atom is -0.493 e. The predicted molar refractivity (Wildman–Crippen MR) is 124 cm³/mol. The Balaban J connectivity index is 1.84. The summed E-state index contributed by atoms with van der Waals surface area (Å²) in [5.74, 6) is 1.25. The molecule has 3 aromatic rings. The Morgan fingerprint density at radius 2 is 1.69 bits per heavy atom. The second kappa shape index (κ2) is 8.91. The van der Waals surface area contributed by atoms with E-state index in [4.69, 9.17) is 14.2 Å². The molecule has 0 radical (unpaired) electrons. The summed E-state index contributed by atoms with van der Waals surface area (Å²) in [6, 6.07) is 14.8. The fourth-order valence-corrected chi connectivity index (χ4v) is 3.96. The molecule has 0 saturated carbocycles. The number of carbonyl (C=O) groups is 2. The normalized spacial score (nSPS) is 12.9. The van der Waals surface area contributed by atoms with Crippen molar-refractivity contribution in [3.05, 3.63) is 59.7 Å². The van der Waals surface area contributed by atoms with Crippen LogP contribution in [0.3, 0.4) is 0 Å². The van der Waals surface area contributed by atoms with Crippen molar-refractivity contribution in [2.24, 2.45) is 0 Å². The van der Waals surface area contributed by atoms with E-state index in [1.165, 1.54) is 6.92 Å². The average molecular weight is 434 g/mol. The van der Waals surface area contributed by atoms with E-state index in [1.807, 2.05) is 38.1 Å². The number of esters is 1. The highest BCUT2D eigenvalue weighted by Crippen LogP contribution is 2.46. The Hall–Kier alpha value is -3.54. The number of anilines is 1. The monoisotopic (exact) mass is 433 g/mol. The Morgan fingerprint density at radius 3 is 2.28 bits per heavy atom. The van der Waals surface area contributed by atoms with Gasteiger partial charge >= 0.3 is 5.97 Å². The Bertz CT molecular complexity index is 1170. The number of rotatable bonds is 7. The van der Waals surface area contributed by atoms with Crippen LogP contribution in [-0.4, -0.2) is 24.6 Å². The molecule has 1 heterocycles.